The standard InChI is InChI=1S/C12H16N2O5/c1-12(2,3)19-11(15)13-9-7-8(18-4)5-6-10(9)14(16)17/h5-7H,1-4H3,(H,13,15). The van der Waals surface area contributed by atoms with E-state index in [1.807, 2.05) is 0 Å². The van der Waals surface area contributed by atoms with E-state index in [1.54, 1.807) is 20.8 Å². The second-order valence-electron chi connectivity index (χ2n) is 4.77. The maximum atomic E-state index is 11.6. The Kier molecular flexibility index (Phi) is 4.31. The van der Waals surface area contributed by atoms with Crippen molar-refractivity contribution in [2.45, 2.75) is 26.4 Å². The van der Waals surface area contributed by atoms with Gasteiger partial charge in [0, 0.05) is 12.1 Å². The number of carbonyl (C=O) groups excluding carboxylic acids is 1. The van der Waals surface area contributed by atoms with Crippen molar-refractivity contribution in [2.75, 3.05) is 12.4 Å². The smallest absolute Gasteiger partial charge is 0.412 e. The number of nitrogens with one attached hydrogen (secondary N) is 1. The number of nitro groups is 1. The zero-order chi connectivity index (χ0) is 14.6. The maximum absolute atomic E-state index is 11.6. The number of benzene rings is 1. The van der Waals surface area contributed by atoms with Gasteiger partial charge in [-0.25, -0.2) is 4.79 Å². The molecule has 1 amide bonds. The third-order valence-electron chi connectivity index (χ3n) is 2.04. The number of carbonyl (C=O) groups is 1. The third kappa shape index (κ3) is 4.46. The van der Waals surface area contributed by atoms with Gasteiger partial charge in [-0.05, 0) is 26.8 Å². The van der Waals surface area contributed by atoms with Crippen molar-refractivity contribution in [3.8, 4) is 5.75 Å². The van der Waals surface area contributed by atoms with Crippen LogP contribution in [0.2, 0.25) is 0 Å². The van der Waals surface area contributed by atoms with Crippen molar-refractivity contribution in [2.24, 2.45) is 0 Å². The van der Waals surface area contributed by atoms with E-state index in [2.05, 4.69) is 5.32 Å². The summed E-state index contributed by atoms with van der Waals surface area (Å²) in [4.78, 5) is 21.9. The number of hydrogen-bond donors (Lipinski definition) is 1. The first-order valence-electron chi connectivity index (χ1n) is 5.55. The lowest BCUT2D eigenvalue weighted by Gasteiger charge is -2.19. The van der Waals surface area contributed by atoms with Gasteiger partial charge in [-0.3, -0.25) is 15.4 Å². The lowest BCUT2D eigenvalue weighted by atomic mass is 10.2. The second-order valence-corrected chi connectivity index (χ2v) is 4.77. The number of nitro benzene ring substituents is 1. The fraction of sp³-hybridized carbons (Fsp3) is 0.417. The Morgan fingerprint density at radius 3 is 2.47 bits per heavy atom. The third-order valence-corrected chi connectivity index (χ3v) is 2.04. The summed E-state index contributed by atoms with van der Waals surface area (Å²) < 4.78 is 9.99. The lowest BCUT2D eigenvalue weighted by Crippen LogP contribution is -2.27. The fourth-order valence-corrected chi connectivity index (χ4v) is 1.32. The molecular weight excluding hydrogens is 252 g/mol. The molecule has 1 aromatic carbocycles. The molecule has 0 atom stereocenters. The van der Waals surface area contributed by atoms with Crippen molar-refractivity contribution in [3.63, 3.8) is 0 Å². The molecule has 1 aromatic rings. The average molecular weight is 268 g/mol. The molecule has 19 heavy (non-hydrogen) atoms. The number of anilines is 1. The summed E-state index contributed by atoms with van der Waals surface area (Å²) >= 11 is 0. The lowest BCUT2D eigenvalue weighted by molar-refractivity contribution is -0.383. The number of ether oxygens (including phenoxy) is 2. The zero-order valence-corrected chi connectivity index (χ0v) is 11.2. The largest absolute Gasteiger partial charge is 0.497 e. The van der Waals surface area contributed by atoms with Gasteiger partial charge >= 0.3 is 6.09 Å². The van der Waals surface area contributed by atoms with E-state index in [1.165, 1.54) is 25.3 Å². The number of rotatable bonds is 3. The van der Waals surface area contributed by atoms with Gasteiger partial charge in [0.1, 0.15) is 17.0 Å². The molecule has 0 aliphatic carbocycles. The van der Waals surface area contributed by atoms with Crippen LogP contribution in [0.25, 0.3) is 0 Å². The molecule has 0 spiro atoms. The van der Waals surface area contributed by atoms with E-state index < -0.39 is 16.6 Å². The Balaban J connectivity index is 2.98. The highest BCUT2D eigenvalue weighted by molar-refractivity contribution is 5.88. The van der Waals surface area contributed by atoms with Crippen molar-refractivity contribution in [3.05, 3.63) is 28.3 Å². The van der Waals surface area contributed by atoms with Gasteiger partial charge in [-0.15, -0.1) is 0 Å². The predicted octanol–water partition coefficient (Wildman–Crippen LogP) is 2.95. The van der Waals surface area contributed by atoms with Crippen LogP contribution < -0.4 is 10.1 Å². The van der Waals surface area contributed by atoms with Crippen molar-refractivity contribution in [1.82, 2.24) is 0 Å². The first kappa shape index (κ1) is 14.7. The van der Waals surface area contributed by atoms with Gasteiger partial charge < -0.3 is 9.47 Å². The molecular formula is C12H16N2O5. The van der Waals surface area contributed by atoms with Gasteiger partial charge in [-0.1, -0.05) is 0 Å². The molecule has 7 heteroatoms. The van der Waals surface area contributed by atoms with Gasteiger partial charge in [0.15, 0.2) is 0 Å². The molecule has 0 saturated heterocycles. The minimum atomic E-state index is -0.760. The van der Waals surface area contributed by atoms with Crippen molar-refractivity contribution >= 4 is 17.5 Å². The summed E-state index contributed by atoms with van der Waals surface area (Å²) in [5, 5.41) is 13.2. The average Bonchev–Trinajstić information content (AvgIpc) is 2.25. The maximum Gasteiger partial charge on any atom is 0.412 e. The van der Waals surface area contributed by atoms with Crippen LogP contribution in [0, 0.1) is 10.1 Å². The highest BCUT2D eigenvalue weighted by Crippen LogP contribution is 2.29. The first-order chi connectivity index (χ1) is 8.73. The van der Waals surface area contributed by atoms with Gasteiger partial charge in [0.05, 0.1) is 12.0 Å². The van der Waals surface area contributed by atoms with Crippen LogP contribution in [0.4, 0.5) is 16.2 Å². The van der Waals surface area contributed by atoms with Gasteiger partial charge in [-0.2, -0.15) is 0 Å². The van der Waals surface area contributed by atoms with Crippen LogP contribution in [0.15, 0.2) is 18.2 Å². The Morgan fingerprint density at radius 1 is 1.37 bits per heavy atom. The van der Waals surface area contributed by atoms with E-state index >= 15 is 0 Å². The normalized spacial score (nSPS) is 10.7. The summed E-state index contributed by atoms with van der Waals surface area (Å²) in [6.45, 7) is 5.10. The molecule has 0 aliphatic heterocycles. The Morgan fingerprint density at radius 2 is 2.00 bits per heavy atom. The number of amides is 1. The number of hydrogen-bond acceptors (Lipinski definition) is 5. The molecule has 0 aliphatic rings. The highest BCUT2D eigenvalue weighted by Gasteiger charge is 2.21. The molecule has 1 N–H and O–H groups in total. The molecule has 0 radical (unpaired) electrons. The quantitative estimate of drug-likeness (QED) is 0.672. The number of nitrogens with zero attached hydrogens (tertiary/aromatic N) is 1. The first-order valence-corrected chi connectivity index (χ1v) is 5.55. The SMILES string of the molecule is COc1ccc([N+](=O)[O-])c(NC(=O)OC(C)(C)C)c1. The zero-order valence-electron chi connectivity index (χ0n) is 11.2. The van der Waals surface area contributed by atoms with Crippen LogP contribution in [0.5, 0.6) is 5.75 Å². The summed E-state index contributed by atoms with van der Waals surface area (Å²) in [7, 11) is 1.43. The summed E-state index contributed by atoms with van der Waals surface area (Å²) in [5.41, 5.74) is -0.886. The molecule has 0 heterocycles. The summed E-state index contributed by atoms with van der Waals surface area (Å²) in [6.07, 6.45) is -0.760. The van der Waals surface area contributed by atoms with Crippen LogP contribution in [0.1, 0.15) is 20.8 Å². The van der Waals surface area contributed by atoms with Crippen LogP contribution >= 0.6 is 0 Å². The van der Waals surface area contributed by atoms with Crippen molar-refractivity contribution in [1.29, 1.82) is 0 Å². The summed E-state index contributed by atoms with van der Waals surface area (Å²) in [5.74, 6) is 0.400. The van der Waals surface area contributed by atoms with Gasteiger partial charge in [0.2, 0.25) is 0 Å². The predicted molar refractivity (Wildman–Crippen MR) is 69.5 cm³/mol. The van der Waals surface area contributed by atoms with Gasteiger partial charge in [0.25, 0.3) is 5.69 Å². The highest BCUT2D eigenvalue weighted by atomic mass is 16.6. The Bertz CT molecular complexity index is 493. The Hall–Kier alpha value is -2.31. The van der Waals surface area contributed by atoms with E-state index in [0.29, 0.717) is 5.75 Å². The minimum absolute atomic E-state index is 0.0265. The molecule has 1 rings (SSSR count). The molecule has 0 aromatic heterocycles. The second kappa shape index (κ2) is 5.55. The van der Waals surface area contributed by atoms with Crippen LogP contribution in [-0.4, -0.2) is 23.7 Å². The Labute approximate surface area is 110 Å². The van der Waals surface area contributed by atoms with E-state index in [-0.39, 0.29) is 11.4 Å². The van der Waals surface area contributed by atoms with Crippen molar-refractivity contribution < 1.29 is 19.2 Å². The van der Waals surface area contributed by atoms with Crippen LogP contribution in [0.3, 0.4) is 0 Å². The van der Waals surface area contributed by atoms with E-state index in [0.717, 1.165) is 0 Å². The molecule has 7 nitrogen and oxygen atoms in total. The minimum Gasteiger partial charge on any atom is -0.497 e. The molecule has 0 saturated carbocycles. The van der Waals surface area contributed by atoms with Crippen LogP contribution in [-0.2, 0) is 4.74 Å². The monoisotopic (exact) mass is 268 g/mol. The topological polar surface area (TPSA) is 90.7 Å². The molecule has 0 bridgehead atoms. The molecule has 104 valence electrons. The summed E-state index contributed by atoms with van der Waals surface area (Å²) in [6, 6.07) is 4.06. The fourth-order valence-electron chi connectivity index (χ4n) is 1.32. The van der Waals surface area contributed by atoms with E-state index in [9.17, 15) is 14.9 Å². The van der Waals surface area contributed by atoms with E-state index in [4.69, 9.17) is 9.47 Å². The molecule has 0 fully saturated rings. The molecule has 0 unspecified atom stereocenters. The number of methoxy groups -OCH3 is 1.